The minimum atomic E-state index is -0.455. The van der Waals surface area contributed by atoms with Crippen LogP contribution in [0.5, 0.6) is 0 Å². The van der Waals surface area contributed by atoms with E-state index >= 15 is 0 Å². The zero-order valence-corrected chi connectivity index (χ0v) is 11.4. The average molecular weight is 204 g/mol. The highest BCUT2D eigenvalue weighted by Crippen LogP contribution is 2.01. The van der Waals surface area contributed by atoms with E-state index in [0.717, 1.165) is 12.8 Å². The third-order valence-electron chi connectivity index (χ3n) is 1.77. The molecule has 0 radical (unpaired) electrons. The van der Waals surface area contributed by atoms with Gasteiger partial charge in [-0.25, -0.2) is 0 Å². The Balaban J connectivity index is 2.91. The van der Waals surface area contributed by atoms with Gasteiger partial charge >= 0.3 is 0 Å². The second kappa shape index (κ2) is 8.01. The number of hydrogen-bond acceptors (Lipinski definition) is 1. The Morgan fingerprint density at radius 2 is 1.58 bits per heavy atom. The quantitative estimate of drug-likeness (QED) is 0.457. The molecule has 0 aliphatic carbocycles. The van der Waals surface area contributed by atoms with Crippen molar-refractivity contribution in [1.29, 1.82) is 0 Å². The molecule has 0 spiro atoms. The van der Waals surface area contributed by atoms with Crippen molar-refractivity contribution in [3.05, 3.63) is 0 Å². The molecule has 12 heavy (non-hydrogen) atoms. The molecule has 0 atom stereocenters. The van der Waals surface area contributed by atoms with Crippen LogP contribution >= 0.6 is 0 Å². The molecule has 0 aliphatic rings. The van der Waals surface area contributed by atoms with Gasteiger partial charge in [-0.05, 0) is 6.42 Å². The summed E-state index contributed by atoms with van der Waals surface area (Å²) >= 11 is 0. The number of ether oxygens (including phenoxy) is 1. The monoisotopic (exact) mass is 204 g/mol. The molecular formula is C9H24OSi2. The lowest BCUT2D eigenvalue weighted by molar-refractivity contribution is 0.171. The van der Waals surface area contributed by atoms with Crippen LogP contribution in [0.2, 0.25) is 32.2 Å². The van der Waals surface area contributed by atoms with Crippen molar-refractivity contribution in [3.63, 3.8) is 0 Å². The average Bonchev–Trinajstić information content (AvgIpc) is 1.95. The minimum Gasteiger partial charge on any atom is -0.385 e. The van der Waals surface area contributed by atoms with Crippen LogP contribution in [-0.4, -0.2) is 30.4 Å². The highest BCUT2D eigenvalue weighted by molar-refractivity contribution is 6.55. The first-order valence-electron chi connectivity index (χ1n) is 5.20. The van der Waals surface area contributed by atoms with Crippen LogP contribution in [0, 0.1) is 0 Å². The standard InChI is InChI=1S/C9H24OSi2/c1-11(2)8-6-5-7-10-9-12(3)4/h11-12H,5-9H2,1-4H3. The molecule has 0 aromatic rings. The van der Waals surface area contributed by atoms with E-state index in [2.05, 4.69) is 26.2 Å². The maximum atomic E-state index is 5.55. The SMILES string of the molecule is C[SiH](C)CCCCOC[SiH](C)C. The fraction of sp³-hybridized carbons (Fsp3) is 1.00. The molecule has 0 rings (SSSR count). The molecule has 0 unspecified atom stereocenters. The summed E-state index contributed by atoms with van der Waals surface area (Å²) in [6.07, 6.45) is 3.74. The molecule has 0 saturated carbocycles. The first kappa shape index (κ1) is 12.4. The summed E-state index contributed by atoms with van der Waals surface area (Å²) in [5.74, 6) is 0. The van der Waals surface area contributed by atoms with Gasteiger partial charge in [-0.3, -0.25) is 0 Å². The minimum absolute atomic E-state index is 0.289. The topological polar surface area (TPSA) is 9.23 Å². The summed E-state index contributed by atoms with van der Waals surface area (Å²) in [4.78, 5) is 0. The van der Waals surface area contributed by atoms with Crippen LogP contribution in [0.4, 0.5) is 0 Å². The molecule has 3 heteroatoms. The van der Waals surface area contributed by atoms with Gasteiger partial charge in [0.05, 0.1) is 8.80 Å². The third kappa shape index (κ3) is 10.4. The molecule has 74 valence electrons. The van der Waals surface area contributed by atoms with E-state index < -0.39 is 8.80 Å². The fourth-order valence-electron chi connectivity index (χ4n) is 1.08. The maximum Gasteiger partial charge on any atom is 0.0616 e. The lowest BCUT2D eigenvalue weighted by atomic mass is 10.4. The van der Waals surface area contributed by atoms with Crippen molar-refractivity contribution in [1.82, 2.24) is 0 Å². The normalized spacial score (nSPS) is 11.5. The molecule has 0 heterocycles. The fourth-order valence-corrected chi connectivity index (χ4v) is 2.82. The summed E-state index contributed by atoms with van der Waals surface area (Å²) in [5, 5.41) is 0. The van der Waals surface area contributed by atoms with E-state index in [4.69, 9.17) is 4.74 Å². The Labute approximate surface area is 80.7 Å². The highest BCUT2D eigenvalue weighted by atomic mass is 28.3. The lowest BCUT2D eigenvalue weighted by Gasteiger charge is -2.06. The molecule has 0 aromatic heterocycles. The van der Waals surface area contributed by atoms with Crippen LogP contribution < -0.4 is 0 Å². The zero-order valence-electron chi connectivity index (χ0n) is 9.10. The molecule has 0 saturated heterocycles. The van der Waals surface area contributed by atoms with Crippen LogP contribution in [-0.2, 0) is 4.74 Å². The van der Waals surface area contributed by atoms with Crippen molar-refractivity contribution in [2.24, 2.45) is 0 Å². The summed E-state index contributed by atoms with van der Waals surface area (Å²) in [7, 11) is -0.744. The van der Waals surface area contributed by atoms with E-state index in [1.807, 2.05) is 0 Å². The highest BCUT2D eigenvalue weighted by Gasteiger charge is 1.97. The van der Waals surface area contributed by atoms with Crippen molar-refractivity contribution >= 4 is 17.6 Å². The van der Waals surface area contributed by atoms with E-state index in [1.165, 1.54) is 18.9 Å². The van der Waals surface area contributed by atoms with Crippen molar-refractivity contribution in [3.8, 4) is 0 Å². The summed E-state index contributed by atoms with van der Waals surface area (Å²) < 4.78 is 5.55. The Bertz CT molecular complexity index is 82.5. The Morgan fingerprint density at radius 1 is 0.917 bits per heavy atom. The van der Waals surface area contributed by atoms with Crippen LogP contribution in [0.3, 0.4) is 0 Å². The van der Waals surface area contributed by atoms with Crippen molar-refractivity contribution in [2.45, 2.75) is 45.1 Å². The summed E-state index contributed by atoms with van der Waals surface area (Å²) in [6, 6.07) is 1.49. The van der Waals surface area contributed by atoms with E-state index in [9.17, 15) is 0 Å². The van der Waals surface area contributed by atoms with Gasteiger partial charge in [-0.1, -0.05) is 38.7 Å². The Hall–Kier alpha value is 0.394. The molecule has 0 bridgehead atoms. The summed E-state index contributed by atoms with van der Waals surface area (Å²) in [6.45, 7) is 10.5. The number of unbranched alkanes of at least 4 members (excludes halogenated alkanes) is 1. The van der Waals surface area contributed by atoms with Crippen LogP contribution in [0.25, 0.3) is 0 Å². The zero-order chi connectivity index (χ0) is 9.40. The third-order valence-corrected chi connectivity index (χ3v) is 4.24. The Morgan fingerprint density at radius 3 is 2.08 bits per heavy atom. The van der Waals surface area contributed by atoms with Gasteiger partial charge in [0.1, 0.15) is 0 Å². The smallest absolute Gasteiger partial charge is 0.0616 e. The van der Waals surface area contributed by atoms with Gasteiger partial charge in [0.15, 0.2) is 0 Å². The van der Waals surface area contributed by atoms with Crippen LogP contribution in [0.1, 0.15) is 12.8 Å². The first-order valence-corrected chi connectivity index (χ1v) is 11.5. The van der Waals surface area contributed by atoms with Crippen molar-refractivity contribution < 1.29 is 4.74 Å². The maximum absolute atomic E-state index is 5.55. The predicted molar refractivity (Wildman–Crippen MR) is 62.6 cm³/mol. The predicted octanol–water partition coefficient (Wildman–Crippen LogP) is 2.30. The molecular weight excluding hydrogens is 180 g/mol. The van der Waals surface area contributed by atoms with E-state index in [0.29, 0.717) is 0 Å². The molecule has 0 aliphatic heterocycles. The first-order chi connectivity index (χ1) is 5.63. The van der Waals surface area contributed by atoms with Gasteiger partial charge < -0.3 is 4.74 Å². The van der Waals surface area contributed by atoms with E-state index in [-0.39, 0.29) is 8.80 Å². The lowest BCUT2D eigenvalue weighted by Crippen LogP contribution is -2.12. The largest absolute Gasteiger partial charge is 0.385 e. The molecule has 0 aromatic carbocycles. The molecule has 0 amide bonds. The van der Waals surface area contributed by atoms with Gasteiger partial charge in [0.25, 0.3) is 0 Å². The summed E-state index contributed by atoms with van der Waals surface area (Å²) in [5.41, 5.74) is 0. The van der Waals surface area contributed by atoms with Crippen molar-refractivity contribution in [2.75, 3.05) is 12.8 Å². The molecule has 0 fully saturated rings. The Kier molecular flexibility index (Phi) is 8.28. The van der Waals surface area contributed by atoms with Crippen LogP contribution in [0.15, 0.2) is 0 Å². The van der Waals surface area contributed by atoms with E-state index in [1.54, 1.807) is 0 Å². The van der Waals surface area contributed by atoms with Gasteiger partial charge in [0.2, 0.25) is 0 Å². The number of rotatable bonds is 7. The second-order valence-corrected chi connectivity index (χ2v) is 10.8. The van der Waals surface area contributed by atoms with Gasteiger partial charge in [-0.15, -0.1) is 0 Å². The molecule has 0 N–H and O–H groups in total. The number of hydrogen-bond donors (Lipinski definition) is 0. The molecule has 1 nitrogen and oxygen atoms in total. The van der Waals surface area contributed by atoms with Gasteiger partial charge in [-0.2, -0.15) is 0 Å². The second-order valence-electron chi connectivity index (χ2n) is 4.36. The van der Waals surface area contributed by atoms with Gasteiger partial charge in [0, 0.05) is 21.6 Å².